The first-order valence-electron chi connectivity index (χ1n) is 10.2. The van der Waals surface area contributed by atoms with E-state index in [0.29, 0.717) is 10.0 Å². The van der Waals surface area contributed by atoms with Crippen LogP contribution in [0.5, 0.6) is 5.75 Å². The summed E-state index contributed by atoms with van der Waals surface area (Å²) in [4.78, 5) is 0. The van der Waals surface area contributed by atoms with Crippen LogP contribution < -0.4 is 4.74 Å². The second kappa shape index (κ2) is 7.30. The van der Waals surface area contributed by atoms with Crippen LogP contribution in [0.25, 0.3) is 10.8 Å². The van der Waals surface area contributed by atoms with Gasteiger partial charge < -0.3 is 4.74 Å². The molecule has 2 aliphatic heterocycles. The molecule has 152 valence electrons. The predicted molar refractivity (Wildman–Crippen MR) is 126 cm³/mol. The monoisotopic (exact) mass is 444 g/mol. The van der Waals surface area contributed by atoms with Gasteiger partial charge in [-0.2, -0.15) is 5.10 Å². The highest BCUT2D eigenvalue weighted by Gasteiger charge is 2.41. The van der Waals surface area contributed by atoms with Crippen LogP contribution in [0.2, 0.25) is 10.0 Å². The molecular formula is C26H18Cl2N2O. The Bertz CT molecular complexity index is 1350. The first kappa shape index (κ1) is 18.7. The van der Waals surface area contributed by atoms with Crippen molar-refractivity contribution in [3.8, 4) is 5.75 Å². The lowest BCUT2D eigenvalue weighted by Gasteiger charge is -2.38. The summed E-state index contributed by atoms with van der Waals surface area (Å²) in [5, 5.41) is 10.7. The molecule has 0 aliphatic carbocycles. The SMILES string of the molecule is Clc1ccc([C@@H]2Oc3ccccc3[C@H]3CC(c4cccc5ccccc45)=NN32)c(Cl)c1. The van der Waals surface area contributed by atoms with E-state index in [2.05, 4.69) is 53.5 Å². The molecule has 0 saturated heterocycles. The highest BCUT2D eigenvalue weighted by Crippen LogP contribution is 2.48. The van der Waals surface area contributed by atoms with Gasteiger partial charge in [-0.05, 0) is 29.0 Å². The number of rotatable bonds is 2. The highest BCUT2D eigenvalue weighted by atomic mass is 35.5. The topological polar surface area (TPSA) is 24.8 Å². The molecule has 0 saturated carbocycles. The Kier molecular flexibility index (Phi) is 4.41. The Morgan fingerprint density at radius 3 is 2.55 bits per heavy atom. The quantitative estimate of drug-likeness (QED) is 0.321. The number of hydrogen-bond acceptors (Lipinski definition) is 3. The van der Waals surface area contributed by atoms with Crippen molar-refractivity contribution in [1.82, 2.24) is 5.01 Å². The Morgan fingerprint density at radius 2 is 1.65 bits per heavy atom. The molecule has 0 unspecified atom stereocenters. The minimum absolute atomic E-state index is 0.0793. The van der Waals surface area contributed by atoms with E-state index in [4.69, 9.17) is 33.0 Å². The fourth-order valence-electron chi connectivity index (χ4n) is 4.58. The van der Waals surface area contributed by atoms with Crippen molar-refractivity contribution in [2.24, 2.45) is 5.10 Å². The fraction of sp³-hybridized carbons (Fsp3) is 0.115. The van der Waals surface area contributed by atoms with Gasteiger partial charge in [0.1, 0.15) is 5.75 Å². The summed E-state index contributed by atoms with van der Waals surface area (Å²) in [6.07, 6.45) is 0.382. The summed E-state index contributed by atoms with van der Waals surface area (Å²) in [7, 11) is 0. The number of para-hydroxylation sites is 1. The van der Waals surface area contributed by atoms with Gasteiger partial charge in [-0.15, -0.1) is 0 Å². The summed E-state index contributed by atoms with van der Waals surface area (Å²) in [6, 6.07) is 28.6. The van der Waals surface area contributed by atoms with Crippen molar-refractivity contribution < 1.29 is 4.74 Å². The number of hydrazone groups is 1. The third-order valence-corrected chi connectivity index (χ3v) is 6.59. The molecule has 6 rings (SSSR count). The zero-order valence-electron chi connectivity index (χ0n) is 16.5. The van der Waals surface area contributed by atoms with E-state index in [1.807, 2.05) is 30.3 Å². The van der Waals surface area contributed by atoms with Crippen molar-refractivity contribution in [3.63, 3.8) is 0 Å². The minimum Gasteiger partial charge on any atom is -0.464 e. The van der Waals surface area contributed by atoms with Crippen LogP contribution in [-0.2, 0) is 0 Å². The second-order valence-corrected chi connectivity index (χ2v) is 8.69. The van der Waals surface area contributed by atoms with Gasteiger partial charge >= 0.3 is 0 Å². The molecule has 0 spiro atoms. The summed E-state index contributed by atoms with van der Waals surface area (Å²) >= 11 is 12.7. The maximum absolute atomic E-state index is 6.57. The second-order valence-electron chi connectivity index (χ2n) is 7.85. The van der Waals surface area contributed by atoms with E-state index in [0.717, 1.165) is 34.6 Å². The van der Waals surface area contributed by atoms with Crippen LogP contribution in [0, 0.1) is 0 Å². The zero-order chi connectivity index (χ0) is 20.9. The van der Waals surface area contributed by atoms with Crippen molar-refractivity contribution in [1.29, 1.82) is 0 Å². The predicted octanol–water partition coefficient (Wildman–Crippen LogP) is 7.39. The molecule has 2 aliphatic rings. The maximum atomic E-state index is 6.57. The van der Waals surface area contributed by atoms with Crippen LogP contribution in [0.3, 0.4) is 0 Å². The Labute approximate surface area is 190 Å². The third-order valence-electron chi connectivity index (χ3n) is 6.03. The fourth-order valence-corrected chi connectivity index (χ4v) is 5.08. The Balaban J connectivity index is 1.50. The first-order valence-corrected chi connectivity index (χ1v) is 11.0. The molecule has 2 heterocycles. The van der Waals surface area contributed by atoms with Crippen LogP contribution in [-0.4, -0.2) is 10.7 Å². The largest absolute Gasteiger partial charge is 0.464 e. The standard InChI is InChI=1S/C26H18Cl2N2O/c27-17-12-13-20(22(28)14-17)26-30-24(21-9-3-4-11-25(21)31-26)15-23(29-30)19-10-5-7-16-6-1-2-8-18(16)19/h1-14,24,26H,15H2/t24-,26+/m1/s1. The number of ether oxygens (including phenoxy) is 1. The zero-order valence-corrected chi connectivity index (χ0v) is 18.0. The molecular weight excluding hydrogens is 427 g/mol. The van der Waals surface area contributed by atoms with Crippen molar-refractivity contribution >= 4 is 39.7 Å². The molecule has 0 radical (unpaired) electrons. The van der Waals surface area contributed by atoms with E-state index in [1.54, 1.807) is 6.07 Å². The molecule has 3 nitrogen and oxygen atoms in total. The molecule has 5 heteroatoms. The molecule has 0 aromatic heterocycles. The molecule has 0 fully saturated rings. The number of nitrogens with zero attached hydrogens (tertiary/aromatic N) is 2. The molecule has 0 bridgehead atoms. The van der Waals surface area contributed by atoms with Crippen LogP contribution in [0.4, 0.5) is 0 Å². The Hall–Kier alpha value is -3.01. The number of hydrogen-bond donors (Lipinski definition) is 0. The summed E-state index contributed by atoms with van der Waals surface area (Å²) in [5.41, 5.74) is 4.21. The lowest BCUT2D eigenvalue weighted by atomic mass is 9.93. The van der Waals surface area contributed by atoms with Gasteiger partial charge in [0.2, 0.25) is 6.23 Å². The van der Waals surface area contributed by atoms with Gasteiger partial charge in [0.15, 0.2) is 0 Å². The van der Waals surface area contributed by atoms with Crippen LogP contribution >= 0.6 is 23.2 Å². The van der Waals surface area contributed by atoms with E-state index in [-0.39, 0.29) is 6.04 Å². The van der Waals surface area contributed by atoms with Gasteiger partial charge in [-0.3, -0.25) is 0 Å². The van der Waals surface area contributed by atoms with Gasteiger partial charge in [0.25, 0.3) is 0 Å². The van der Waals surface area contributed by atoms with Crippen LogP contribution in [0.15, 0.2) is 90.0 Å². The first-order chi connectivity index (χ1) is 15.2. The summed E-state index contributed by atoms with van der Waals surface area (Å²) < 4.78 is 6.42. The van der Waals surface area contributed by atoms with Crippen molar-refractivity contribution in [2.75, 3.05) is 0 Å². The highest BCUT2D eigenvalue weighted by molar-refractivity contribution is 6.35. The van der Waals surface area contributed by atoms with Crippen molar-refractivity contribution in [2.45, 2.75) is 18.7 Å². The van der Waals surface area contributed by atoms with E-state index >= 15 is 0 Å². The smallest absolute Gasteiger partial charge is 0.215 e. The van der Waals surface area contributed by atoms with Crippen molar-refractivity contribution in [3.05, 3.63) is 112 Å². The Morgan fingerprint density at radius 1 is 0.839 bits per heavy atom. The average molecular weight is 445 g/mol. The van der Waals surface area contributed by atoms with Gasteiger partial charge in [0, 0.05) is 28.1 Å². The number of fused-ring (bicyclic) bond motifs is 4. The van der Waals surface area contributed by atoms with E-state index in [9.17, 15) is 0 Å². The molecule has 4 aromatic carbocycles. The number of benzene rings is 4. The van der Waals surface area contributed by atoms with E-state index in [1.165, 1.54) is 10.8 Å². The maximum Gasteiger partial charge on any atom is 0.215 e. The lowest BCUT2D eigenvalue weighted by molar-refractivity contribution is -0.0189. The molecule has 4 aromatic rings. The molecule has 2 atom stereocenters. The number of halogens is 2. The third kappa shape index (κ3) is 3.08. The minimum atomic E-state index is -0.419. The molecule has 31 heavy (non-hydrogen) atoms. The van der Waals surface area contributed by atoms with Crippen LogP contribution in [0.1, 0.15) is 35.4 Å². The molecule has 0 amide bonds. The lowest BCUT2D eigenvalue weighted by Crippen LogP contribution is -2.33. The van der Waals surface area contributed by atoms with Gasteiger partial charge in [-0.1, -0.05) is 89.9 Å². The van der Waals surface area contributed by atoms with Gasteiger partial charge in [-0.25, -0.2) is 5.01 Å². The summed E-state index contributed by atoms with van der Waals surface area (Å²) in [6.45, 7) is 0. The van der Waals surface area contributed by atoms with Gasteiger partial charge in [0.05, 0.1) is 16.8 Å². The average Bonchev–Trinajstić information content (AvgIpc) is 3.24. The summed E-state index contributed by atoms with van der Waals surface area (Å²) in [5.74, 6) is 0.870. The normalized spacial score (nSPS) is 19.5. The van der Waals surface area contributed by atoms with E-state index < -0.39 is 6.23 Å². The molecule has 0 N–H and O–H groups in total.